The van der Waals surface area contributed by atoms with E-state index in [2.05, 4.69) is 5.32 Å². The Morgan fingerprint density at radius 1 is 0.968 bits per heavy atom. The van der Waals surface area contributed by atoms with Crippen molar-refractivity contribution in [2.45, 2.75) is 13.8 Å². The van der Waals surface area contributed by atoms with Gasteiger partial charge in [-0.25, -0.2) is 4.98 Å². The van der Waals surface area contributed by atoms with Gasteiger partial charge in [-0.3, -0.25) is 9.59 Å². The summed E-state index contributed by atoms with van der Waals surface area (Å²) < 4.78 is 0. The molecule has 2 amide bonds. The van der Waals surface area contributed by atoms with Gasteiger partial charge in [-0.15, -0.1) is 11.3 Å². The average Bonchev–Trinajstić information content (AvgIpc) is 3.34. The molecule has 0 bridgehead atoms. The van der Waals surface area contributed by atoms with E-state index in [1.54, 1.807) is 40.5 Å². The molecule has 0 aliphatic heterocycles. The van der Waals surface area contributed by atoms with Crippen LogP contribution in [0.1, 0.15) is 34.6 Å². The van der Waals surface area contributed by atoms with Gasteiger partial charge >= 0.3 is 0 Å². The number of anilines is 1. The van der Waals surface area contributed by atoms with Gasteiger partial charge in [0.2, 0.25) is 0 Å². The summed E-state index contributed by atoms with van der Waals surface area (Å²) in [6, 6.07) is 20.5. The van der Waals surface area contributed by atoms with Crippen molar-refractivity contribution < 1.29 is 9.59 Å². The first-order chi connectivity index (χ1) is 15.1. The van der Waals surface area contributed by atoms with Crippen LogP contribution in [0.15, 0.2) is 72.1 Å². The third kappa shape index (κ3) is 4.34. The number of aromatic nitrogens is 1. The molecule has 1 N–H and O–H groups in total. The number of pyridine rings is 1. The number of para-hydroxylation sites is 1. The second-order valence-electron chi connectivity index (χ2n) is 7.06. The molecule has 0 saturated heterocycles. The summed E-state index contributed by atoms with van der Waals surface area (Å²) in [7, 11) is 0. The van der Waals surface area contributed by atoms with Gasteiger partial charge in [0.1, 0.15) is 0 Å². The molecule has 2 aromatic carbocycles. The monoisotopic (exact) mass is 429 g/mol. The van der Waals surface area contributed by atoms with Crippen LogP contribution in [-0.4, -0.2) is 34.8 Å². The number of carbonyl (C=O) groups is 2. The first-order valence-corrected chi connectivity index (χ1v) is 11.1. The maximum atomic E-state index is 13.2. The van der Waals surface area contributed by atoms with E-state index in [0.717, 1.165) is 21.5 Å². The van der Waals surface area contributed by atoms with Crippen molar-refractivity contribution in [1.82, 2.24) is 9.88 Å². The van der Waals surface area contributed by atoms with Gasteiger partial charge in [0.25, 0.3) is 11.8 Å². The number of amides is 2. The molecule has 31 heavy (non-hydrogen) atoms. The molecule has 0 aliphatic carbocycles. The first kappa shape index (κ1) is 20.8. The van der Waals surface area contributed by atoms with Crippen LogP contribution in [0, 0.1) is 0 Å². The summed E-state index contributed by atoms with van der Waals surface area (Å²) in [5.41, 5.74) is 3.23. The minimum Gasteiger partial charge on any atom is -0.339 e. The zero-order chi connectivity index (χ0) is 21.8. The Labute approximate surface area is 185 Å². The number of hydrogen-bond donors (Lipinski definition) is 1. The first-order valence-electron chi connectivity index (χ1n) is 10.2. The van der Waals surface area contributed by atoms with Gasteiger partial charge in [0.15, 0.2) is 0 Å². The number of nitrogens with zero attached hydrogens (tertiary/aromatic N) is 2. The number of benzene rings is 2. The fraction of sp³-hybridized carbons (Fsp3) is 0.160. The van der Waals surface area contributed by atoms with E-state index in [4.69, 9.17) is 4.98 Å². The predicted molar refractivity (Wildman–Crippen MR) is 127 cm³/mol. The molecule has 0 spiro atoms. The molecule has 4 rings (SSSR count). The zero-order valence-electron chi connectivity index (χ0n) is 17.5. The Kier molecular flexibility index (Phi) is 6.09. The summed E-state index contributed by atoms with van der Waals surface area (Å²) in [4.78, 5) is 33.4. The minimum atomic E-state index is -0.233. The highest BCUT2D eigenvalue weighted by atomic mass is 32.1. The summed E-state index contributed by atoms with van der Waals surface area (Å²) >= 11 is 1.58. The van der Waals surface area contributed by atoms with Crippen LogP contribution in [0.2, 0.25) is 0 Å². The molecule has 0 fully saturated rings. The third-order valence-electron chi connectivity index (χ3n) is 5.15. The Morgan fingerprint density at radius 2 is 1.77 bits per heavy atom. The average molecular weight is 430 g/mol. The predicted octanol–water partition coefficient (Wildman–Crippen LogP) is 5.70. The lowest BCUT2D eigenvalue weighted by molar-refractivity contribution is 0.0772. The molecule has 6 heteroatoms. The SMILES string of the molecule is CCN(CC)C(=O)c1cccc(NC(=O)c2cc(-c3cccs3)nc3ccccc23)c1. The Bertz CT molecular complexity index is 1230. The zero-order valence-corrected chi connectivity index (χ0v) is 18.3. The highest BCUT2D eigenvalue weighted by Crippen LogP contribution is 2.28. The van der Waals surface area contributed by atoms with Crippen LogP contribution in [0.3, 0.4) is 0 Å². The molecular weight excluding hydrogens is 406 g/mol. The molecular formula is C25H23N3O2S. The number of carbonyl (C=O) groups excluding carboxylic acids is 2. The molecule has 4 aromatic rings. The molecule has 0 saturated carbocycles. The fourth-order valence-corrected chi connectivity index (χ4v) is 4.22. The number of fused-ring (bicyclic) bond motifs is 1. The largest absolute Gasteiger partial charge is 0.339 e. The lowest BCUT2D eigenvalue weighted by atomic mass is 10.1. The number of hydrogen-bond acceptors (Lipinski definition) is 4. The molecule has 156 valence electrons. The van der Waals surface area contributed by atoms with Crippen molar-refractivity contribution >= 4 is 39.7 Å². The van der Waals surface area contributed by atoms with Crippen LogP contribution in [-0.2, 0) is 0 Å². The van der Waals surface area contributed by atoms with Crippen LogP contribution >= 0.6 is 11.3 Å². The quantitative estimate of drug-likeness (QED) is 0.428. The summed E-state index contributed by atoms with van der Waals surface area (Å²) in [6.45, 7) is 5.18. The van der Waals surface area contributed by atoms with Gasteiger partial charge in [0, 0.05) is 29.7 Å². The Morgan fingerprint density at radius 3 is 2.52 bits per heavy atom. The van der Waals surface area contributed by atoms with Crippen LogP contribution in [0.5, 0.6) is 0 Å². The summed E-state index contributed by atoms with van der Waals surface area (Å²) in [5, 5.41) is 5.74. The van der Waals surface area contributed by atoms with Crippen molar-refractivity contribution in [3.63, 3.8) is 0 Å². The second kappa shape index (κ2) is 9.10. The number of nitrogens with one attached hydrogen (secondary N) is 1. The lowest BCUT2D eigenvalue weighted by Crippen LogP contribution is -2.30. The van der Waals surface area contributed by atoms with E-state index in [0.29, 0.717) is 29.9 Å². The van der Waals surface area contributed by atoms with Crippen molar-refractivity contribution in [3.8, 4) is 10.6 Å². The van der Waals surface area contributed by atoms with Crippen LogP contribution in [0.25, 0.3) is 21.5 Å². The lowest BCUT2D eigenvalue weighted by Gasteiger charge is -2.19. The second-order valence-corrected chi connectivity index (χ2v) is 8.01. The standard InChI is InChI=1S/C25H23N3O2S/c1-3-28(4-2)25(30)17-9-7-10-18(15-17)26-24(29)20-16-22(23-13-8-14-31-23)27-21-12-6-5-11-19(20)21/h5-16H,3-4H2,1-2H3,(H,26,29). The van der Waals surface area contributed by atoms with E-state index >= 15 is 0 Å². The topological polar surface area (TPSA) is 62.3 Å². The maximum absolute atomic E-state index is 13.2. The summed E-state index contributed by atoms with van der Waals surface area (Å²) in [5.74, 6) is -0.278. The highest BCUT2D eigenvalue weighted by molar-refractivity contribution is 7.13. The molecule has 0 unspecified atom stereocenters. The van der Waals surface area contributed by atoms with E-state index in [1.807, 2.05) is 61.7 Å². The van der Waals surface area contributed by atoms with E-state index < -0.39 is 0 Å². The Hall–Kier alpha value is -3.51. The minimum absolute atomic E-state index is 0.0459. The smallest absolute Gasteiger partial charge is 0.256 e. The number of rotatable bonds is 6. The molecule has 2 heterocycles. The number of thiophene rings is 1. The van der Waals surface area contributed by atoms with Gasteiger partial charge in [-0.2, -0.15) is 0 Å². The fourth-order valence-electron chi connectivity index (χ4n) is 3.54. The molecule has 0 atom stereocenters. The molecule has 5 nitrogen and oxygen atoms in total. The Balaban J connectivity index is 1.68. The van der Waals surface area contributed by atoms with Crippen molar-refractivity contribution in [1.29, 1.82) is 0 Å². The van der Waals surface area contributed by atoms with Gasteiger partial charge < -0.3 is 10.2 Å². The normalized spacial score (nSPS) is 10.8. The molecule has 2 aromatic heterocycles. The molecule has 0 radical (unpaired) electrons. The van der Waals surface area contributed by atoms with Crippen molar-refractivity contribution in [3.05, 3.63) is 83.2 Å². The van der Waals surface area contributed by atoms with Crippen LogP contribution in [0.4, 0.5) is 5.69 Å². The van der Waals surface area contributed by atoms with Gasteiger partial charge in [-0.05, 0) is 55.6 Å². The van der Waals surface area contributed by atoms with Crippen molar-refractivity contribution in [2.75, 3.05) is 18.4 Å². The molecule has 0 aliphatic rings. The van der Waals surface area contributed by atoms with E-state index in [9.17, 15) is 9.59 Å². The van der Waals surface area contributed by atoms with Crippen molar-refractivity contribution in [2.24, 2.45) is 0 Å². The summed E-state index contributed by atoms with van der Waals surface area (Å²) in [6.07, 6.45) is 0. The van der Waals surface area contributed by atoms with Gasteiger partial charge in [-0.1, -0.05) is 30.3 Å². The third-order valence-corrected chi connectivity index (χ3v) is 6.04. The van der Waals surface area contributed by atoms with E-state index in [1.165, 1.54) is 0 Å². The highest BCUT2D eigenvalue weighted by Gasteiger charge is 2.16. The van der Waals surface area contributed by atoms with Gasteiger partial charge in [0.05, 0.1) is 21.7 Å². The van der Waals surface area contributed by atoms with E-state index in [-0.39, 0.29) is 11.8 Å². The maximum Gasteiger partial charge on any atom is 0.256 e. The van der Waals surface area contributed by atoms with Crippen LogP contribution < -0.4 is 5.32 Å².